The lowest BCUT2D eigenvalue weighted by Gasteiger charge is -1.82. The van der Waals surface area contributed by atoms with Gasteiger partial charge in [-0.25, -0.2) is 13.7 Å². The lowest BCUT2D eigenvalue weighted by atomic mass is 15.2. The molecule has 0 aromatic carbocycles. The first-order valence-electron chi connectivity index (χ1n) is 2.85. The van der Waals surface area contributed by atoms with Crippen LogP contribution in [0.1, 0.15) is 0 Å². The Morgan fingerprint density at radius 2 is 0.500 bits per heavy atom. The average Bonchev–Trinajstić information content (AvgIpc) is 2.49. The van der Waals surface area contributed by atoms with Crippen molar-refractivity contribution in [3.8, 4) is 0 Å². The molecule has 0 saturated heterocycles. The molecule has 0 bridgehead atoms. The molecule has 0 radical (unpaired) electrons. The molecule has 1 aromatic rings. The van der Waals surface area contributed by atoms with E-state index < -0.39 is 23.5 Å². The highest BCUT2D eigenvalue weighted by atomic mass is 31.2. The van der Waals surface area contributed by atoms with Crippen molar-refractivity contribution in [1.82, 2.24) is 0 Å². The van der Waals surface area contributed by atoms with Crippen LogP contribution in [0, 0.1) is 0 Å². The molecule has 0 aliphatic carbocycles. The second-order valence-electron chi connectivity index (χ2n) is 1.74. The summed E-state index contributed by atoms with van der Waals surface area (Å²) in [4.78, 5) is 64.7. The normalized spacial score (nSPS) is 11.2. The SMILES string of the molecule is O=P(O)(O)O.O=P(O)(O)O.O=P(O)(O)O.o1oo1. The average molecular weight is 342 g/mol. The third kappa shape index (κ3) is 6400. The van der Waals surface area contributed by atoms with Gasteiger partial charge >= 0.3 is 23.5 Å². The van der Waals surface area contributed by atoms with Crippen molar-refractivity contribution in [2.75, 3.05) is 0 Å². The summed E-state index contributed by atoms with van der Waals surface area (Å²) in [7, 11) is -13.9. The molecule has 18 heavy (non-hydrogen) atoms. The Kier molecular flexibility index (Phi) is 12.2. The molecule has 0 unspecified atom stereocenters. The minimum absolute atomic E-state index is 3.50. The van der Waals surface area contributed by atoms with E-state index in [1.54, 1.807) is 0 Å². The predicted octanol–water partition coefficient (Wildman–Crippen LogP) is -2.32. The number of rotatable bonds is 0. The lowest BCUT2D eigenvalue weighted by molar-refractivity contribution is 0.264. The first kappa shape index (κ1) is 22.9. The zero-order chi connectivity index (χ0) is 15.6. The summed E-state index contributed by atoms with van der Waals surface area (Å²) in [5.41, 5.74) is 0. The fraction of sp³-hybridized carbons (Fsp3) is 0. The molecule has 0 spiro atoms. The fourth-order valence-electron chi connectivity index (χ4n) is 0. The molecule has 18 heteroatoms. The molecular weight excluding hydrogens is 333 g/mol. The summed E-state index contributed by atoms with van der Waals surface area (Å²) < 4.78 is 37.1. The maximum absolute atomic E-state index is 8.88. The lowest BCUT2D eigenvalue weighted by Crippen LogP contribution is -1.66. The number of hydrogen-bond acceptors (Lipinski definition) is 6. The summed E-state index contributed by atoms with van der Waals surface area (Å²) >= 11 is 0. The first-order chi connectivity index (χ1) is 7.50. The van der Waals surface area contributed by atoms with Crippen molar-refractivity contribution in [3.63, 3.8) is 0 Å². The van der Waals surface area contributed by atoms with Gasteiger partial charge in [0.2, 0.25) is 0 Å². The number of hydrogen-bond donors (Lipinski definition) is 9. The molecular formula is H9O15P3. The van der Waals surface area contributed by atoms with E-state index in [9.17, 15) is 0 Å². The Bertz CT molecular complexity index is 282. The second-order valence-corrected chi connectivity index (χ2v) is 4.82. The maximum Gasteiger partial charge on any atom is 0.466 e. The Hall–Kier alpha value is -0.270. The summed E-state index contributed by atoms with van der Waals surface area (Å²) in [5, 5.41) is 0. The zero-order valence-electron chi connectivity index (χ0n) is 7.82. The minimum atomic E-state index is -4.64. The van der Waals surface area contributed by atoms with Gasteiger partial charge in [0.1, 0.15) is 0 Å². The quantitative estimate of drug-likeness (QED) is 0.177. The van der Waals surface area contributed by atoms with Crippen LogP contribution in [-0.4, -0.2) is 44.0 Å². The molecule has 0 aliphatic rings. The molecule has 1 heterocycles. The molecule has 15 nitrogen and oxygen atoms in total. The summed E-state index contributed by atoms with van der Waals surface area (Å²) in [6.07, 6.45) is 0. The van der Waals surface area contributed by atoms with Crippen molar-refractivity contribution in [2.45, 2.75) is 0 Å². The fourth-order valence-corrected chi connectivity index (χ4v) is 0. The highest BCUT2D eigenvalue weighted by Crippen LogP contribution is 2.26. The highest BCUT2D eigenvalue weighted by Gasteiger charge is 2.01. The third-order valence-electron chi connectivity index (χ3n) is 0.0680. The van der Waals surface area contributed by atoms with Gasteiger partial charge in [0, 0.05) is 14.2 Å². The highest BCUT2D eigenvalue weighted by molar-refractivity contribution is 7.45. The first-order valence-corrected chi connectivity index (χ1v) is 7.54. The van der Waals surface area contributed by atoms with Crippen LogP contribution in [0.3, 0.4) is 0 Å². The standard InChI is InChI=1S/3H3O4P.O3/c3*1-5(2,3)4;1-2-3-1/h3*(H3,1,2,3,4);. The molecule has 114 valence electrons. The molecule has 0 saturated carbocycles. The van der Waals surface area contributed by atoms with Crippen LogP contribution in [0.4, 0.5) is 0 Å². The Labute approximate surface area is 96.4 Å². The Balaban J connectivity index is -0.000000168. The molecule has 0 atom stereocenters. The van der Waals surface area contributed by atoms with Gasteiger partial charge in [0.15, 0.2) is 0 Å². The van der Waals surface area contributed by atoms with E-state index in [1.807, 2.05) is 0 Å². The summed E-state index contributed by atoms with van der Waals surface area (Å²) in [6, 6.07) is 0. The monoisotopic (exact) mass is 342 g/mol. The van der Waals surface area contributed by atoms with Crippen LogP contribution in [0.15, 0.2) is 14.2 Å². The topological polar surface area (TPSA) is 273 Å². The van der Waals surface area contributed by atoms with E-state index in [1.165, 1.54) is 0 Å². The van der Waals surface area contributed by atoms with Gasteiger partial charge in [0.25, 0.3) is 0 Å². The van der Waals surface area contributed by atoms with Crippen molar-refractivity contribution in [3.05, 3.63) is 0 Å². The number of phosphoric acid groups is 3. The molecule has 0 aliphatic heterocycles. The van der Waals surface area contributed by atoms with E-state index in [0.29, 0.717) is 0 Å². The Morgan fingerprint density at radius 3 is 0.500 bits per heavy atom. The van der Waals surface area contributed by atoms with Crippen LogP contribution >= 0.6 is 23.5 Å². The van der Waals surface area contributed by atoms with E-state index in [0.717, 1.165) is 0 Å². The van der Waals surface area contributed by atoms with Crippen molar-refractivity contribution in [1.29, 1.82) is 0 Å². The van der Waals surface area contributed by atoms with Crippen molar-refractivity contribution < 1.29 is 71.9 Å². The van der Waals surface area contributed by atoms with Crippen LogP contribution in [-0.2, 0) is 13.7 Å². The third-order valence-corrected chi connectivity index (χ3v) is 0.0680. The molecule has 1 rings (SSSR count). The van der Waals surface area contributed by atoms with Gasteiger partial charge in [-0.2, -0.15) is 0 Å². The van der Waals surface area contributed by atoms with Crippen molar-refractivity contribution >= 4 is 23.5 Å². The molecule has 0 amide bonds. The van der Waals surface area contributed by atoms with Gasteiger partial charge in [-0.3, -0.25) is 0 Å². The van der Waals surface area contributed by atoms with Gasteiger partial charge in [-0.15, -0.1) is 0 Å². The van der Waals surface area contributed by atoms with Gasteiger partial charge < -0.3 is 44.0 Å². The van der Waals surface area contributed by atoms with Crippen LogP contribution in [0.25, 0.3) is 0 Å². The molecule has 9 N–H and O–H groups in total. The zero-order valence-corrected chi connectivity index (χ0v) is 10.5. The molecule has 0 fully saturated rings. The van der Waals surface area contributed by atoms with Gasteiger partial charge in [-0.1, -0.05) is 0 Å². The Morgan fingerprint density at radius 1 is 0.444 bits per heavy atom. The van der Waals surface area contributed by atoms with E-state index in [4.69, 9.17) is 57.7 Å². The van der Waals surface area contributed by atoms with Gasteiger partial charge in [0.05, 0.1) is 0 Å². The maximum atomic E-state index is 8.88. The van der Waals surface area contributed by atoms with Crippen molar-refractivity contribution in [2.24, 2.45) is 0 Å². The van der Waals surface area contributed by atoms with Crippen LogP contribution in [0.5, 0.6) is 0 Å². The van der Waals surface area contributed by atoms with E-state index >= 15 is 0 Å². The largest absolute Gasteiger partial charge is 0.466 e. The van der Waals surface area contributed by atoms with E-state index in [2.05, 4.69) is 14.2 Å². The minimum Gasteiger partial charge on any atom is -0.303 e. The predicted molar refractivity (Wildman–Crippen MR) is 46.0 cm³/mol. The summed E-state index contributed by atoms with van der Waals surface area (Å²) in [5.74, 6) is 0. The molecule has 1 aromatic heterocycles. The van der Waals surface area contributed by atoms with Crippen LogP contribution in [0.2, 0.25) is 0 Å². The van der Waals surface area contributed by atoms with Gasteiger partial charge in [-0.05, 0) is 0 Å². The second kappa shape index (κ2) is 9.63. The van der Waals surface area contributed by atoms with Crippen LogP contribution < -0.4 is 0 Å². The summed E-state index contributed by atoms with van der Waals surface area (Å²) in [6.45, 7) is 0. The van der Waals surface area contributed by atoms with E-state index in [-0.39, 0.29) is 0 Å². The smallest absolute Gasteiger partial charge is 0.303 e.